The van der Waals surface area contributed by atoms with Crippen LogP contribution in [0.4, 0.5) is 11.6 Å². The predicted molar refractivity (Wildman–Crippen MR) is 80.5 cm³/mol. The molecular weight excluding hydrogens is 336 g/mol. The van der Waals surface area contributed by atoms with Crippen LogP contribution >= 0.6 is 15.9 Å². The second kappa shape index (κ2) is 5.12. The van der Waals surface area contributed by atoms with Gasteiger partial charge in [0.2, 0.25) is 0 Å². The van der Waals surface area contributed by atoms with E-state index in [1.54, 1.807) is 16.9 Å². The van der Waals surface area contributed by atoms with Gasteiger partial charge in [-0.05, 0) is 34.8 Å². The summed E-state index contributed by atoms with van der Waals surface area (Å²) in [7, 11) is 0. The van der Waals surface area contributed by atoms with Gasteiger partial charge in [0, 0.05) is 12.7 Å². The van der Waals surface area contributed by atoms with Crippen molar-refractivity contribution < 1.29 is 4.74 Å². The minimum absolute atomic E-state index is 0.126. The third-order valence-electron chi connectivity index (χ3n) is 3.51. The summed E-state index contributed by atoms with van der Waals surface area (Å²) < 4.78 is 8.21. The fraction of sp³-hybridized carbons (Fsp3) is 0.308. The first kappa shape index (κ1) is 12.8. The number of hydrogen-bond acceptors (Lipinski definition) is 5. The molecule has 4 heterocycles. The first-order valence-corrected chi connectivity index (χ1v) is 7.53. The zero-order valence-electron chi connectivity index (χ0n) is 11.1. The lowest BCUT2D eigenvalue weighted by molar-refractivity contribution is 0.108. The summed E-state index contributed by atoms with van der Waals surface area (Å²) in [6.45, 7) is 0.817. The van der Waals surface area contributed by atoms with Crippen LogP contribution in [-0.4, -0.2) is 31.4 Å². The summed E-state index contributed by atoms with van der Waals surface area (Å²) in [4.78, 5) is 4.38. The average Bonchev–Trinajstić information content (AvgIpc) is 3.22. The Hall–Kier alpha value is -1.93. The van der Waals surface area contributed by atoms with E-state index in [0.717, 1.165) is 41.1 Å². The second-order valence-corrected chi connectivity index (χ2v) is 5.71. The van der Waals surface area contributed by atoms with Crippen LogP contribution < -0.4 is 5.32 Å². The summed E-state index contributed by atoms with van der Waals surface area (Å²) >= 11 is 3.42. The molecule has 0 aromatic carbocycles. The summed E-state index contributed by atoms with van der Waals surface area (Å²) in [5, 5.41) is 14.7. The molecule has 3 aromatic heterocycles. The first-order valence-electron chi connectivity index (χ1n) is 6.73. The largest absolute Gasteiger partial charge is 0.372 e. The molecule has 4 rings (SSSR count). The summed E-state index contributed by atoms with van der Waals surface area (Å²) in [5.41, 5.74) is 1.88. The van der Waals surface area contributed by atoms with Crippen LogP contribution in [0.15, 0.2) is 29.1 Å². The van der Waals surface area contributed by atoms with Crippen molar-refractivity contribution in [2.24, 2.45) is 0 Å². The van der Waals surface area contributed by atoms with Crippen LogP contribution in [0.25, 0.3) is 5.52 Å². The molecule has 108 valence electrons. The first-order chi connectivity index (χ1) is 10.3. The number of H-pyrrole nitrogens is 1. The average molecular weight is 349 g/mol. The van der Waals surface area contributed by atoms with Crippen LogP contribution in [0, 0.1) is 0 Å². The monoisotopic (exact) mass is 348 g/mol. The highest BCUT2D eigenvalue weighted by Gasteiger charge is 2.20. The van der Waals surface area contributed by atoms with Gasteiger partial charge in [-0.25, -0.2) is 9.50 Å². The van der Waals surface area contributed by atoms with Crippen molar-refractivity contribution in [1.82, 2.24) is 24.8 Å². The molecule has 0 amide bonds. The van der Waals surface area contributed by atoms with Gasteiger partial charge in [-0.3, -0.25) is 5.10 Å². The normalized spacial score (nSPS) is 18.4. The fourth-order valence-electron chi connectivity index (χ4n) is 2.50. The van der Waals surface area contributed by atoms with E-state index in [1.807, 2.05) is 12.1 Å². The number of halogens is 1. The molecule has 1 saturated heterocycles. The van der Waals surface area contributed by atoms with E-state index in [-0.39, 0.29) is 6.10 Å². The van der Waals surface area contributed by atoms with Gasteiger partial charge in [-0.2, -0.15) is 10.2 Å². The van der Waals surface area contributed by atoms with Gasteiger partial charge < -0.3 is 10.1 Å². The maximum atomic E-state index is 5.64. The smallest absolute Gasteiger partial charge is 0.157 e. The van der Waals surface area contributed by atoms with Crippen LogP contribution in [0.5, 0.6) is 0 Å². The molecular formula is C13H13BrN6O. The number of nitrogens with one attached hydrogen (secondary N) is 2. The molecule has 0 saturated carbocycles. The van der Waals surface area contributed by atoms with Crippen molar-refractivity contribution in [2.75, 3.05) is 11.9 Å². The summed E-state index contributed by atoms with van der Waals surface area (Å²) in [6, 6.07) is 3.86. The van der Waals surface area contributed by atoms with Gasteiger partial charge in [0.15, 0.2) is 11.6 Å². The minimum Gasteiger partial charge on any atom is -0.372 e. The Bertz CT molecular complexity index is 776. The lowest BCUT2D eigenvalue weighted by Crippen LogP contribution is -1.99. The topological polar surface area (TPSA) is 80.1 Å². The van der Waals surface area contributed by atoms with Gasteiger partial charge >= 0.3 is 0 Å². The summed E-state index contributed by atoms with van der Waals surface area (Å²) in [5.74, 6) is 1.43. The molecule has 1 aliphatic rings. The second-order valence-electron chi connectivity index (χ2n) is 4.89. The molecule has 3 aromatic rings. The molecule has 0 spiro atoms. The molecule has 1 fully saturated rings. The molecule has 8 heteroatoms. The molecule has 0 unspecified atom stereocenters. The Morgan fingerprint density at radius 1 is 1.48 bits per heavy atom. The number of hydrogen-bond donors (Lipinski definition) is 2. The van der Waals surface area contributed by atoms with E-state index in [0.29, 0.717) is 5.82 Å². The molecule has 7 nitrogen and oxygen atoms in total. The van der Waals surface area contributed by atoms with E-state index in [1.165, 1.54) is 0 Å². The van der Waals surface area contributed by atoms with Gasteiger partial charge in [-0.15, -0.1) is 0 Å². The quantitative estimate of drug-likeness (QED) is 0.760. The highest BCUT2D eigenvalue weighted by atomic mass is 79.9. The zero-order valence-corrected chi connectivity index (χ0v) is 12.7. The van der Waals surface area contributed by atoms with Gasteiger partial charge in [-0.1, -0.05) is 0 Å². The number of anilines is 2. The Morgan fingerprint density at radius 2 is 2.43 bits per heavy atom. The number of aromatic amines is 1. The lowest BCUT2D eigenvalue weighted by Gasteiger charge is -2.05. The van der Waals surface area contributed by atoms with Crippen molar-refractivity contribution in [2.45, 2.75) is 18.9 Å². The Labute approximate surface area is 128 Å². The molecule has 21 heavy (non-hydrogen) atoms. The van der Waals surface area contributed by atoms with Crippen molar-refractivity contribution in [1.29, 1.82) is 0 Å². The maximum Gasteiger partial charge on any atom is 0.157 e. The third kappa shape index (κ3) is 2.30. The number of aromatic nitrogens is 5. The predicted octanol–water partition coefficient (Wildman–Crippen LogP) is 2.81. The Balaban J connectivity index is 1.62. The summed E-state index contributed by atoms with van der Waals surface area (Å²) in [6.07, 6.45) is 5.69. The van der Waals surface area contributed by atoms with Gasteiger partial charge in [0.1, 0.15) is 10.1 Å². The Kier molecular flexibility index (Phi) is 3.12. The molecule has 0 radical (unpaired) electrons. The number of rotatable bonds is 3. The van der Waals surface area contributed by atoms with Crippen LogP contribution in [0.1, 0.15) is 24.6 Å². The number of nitrogens with zero attached hydrogens (tertiary/aromatic N) is 4. The standard InChI is InChI=1S/C13H13BrN6O/c14-11-7-15-13(9-3-4-16-20(9)11)17-12-6-8(18-19-12)10-2-1-5-21-10/h3-4,6-7,10H,1-2,5H2,(H2,15,17,18,19)/t10-/m0/s1. The molecule has 0 bridgehead atoms. The van der Waals surface area contributed by atoms with Crippen molar-refractivity contribution in [3.63, 3.8) is 0 Å². The molecule has 0 aliphatic carbocycles. The molecule has 1 aliphatic heterocycles. The maximum absolute atomic E-state index is 5.64. The number of ether oxygens (including phenoxy) is 1. The van der Waals surface area contributed by atoms with Crippen LogP contribution in [-0.2, 0) is 4.74 Å². The van der Waals surface area contributed by atoms with Crippen molar-refractivity contribution >= 4 is 33.1 Å². The van der Waals surface area contributed by atoms with Gasteiger partial charge in [0.25, 0.3) is 0 Å². The van der Waals surface area contributed by atoms with E-state index >= 15 is 0 Å². The van der Waals surface area contributed by atoms with Crippen LogP contribution in [0.2, 0.25) is 0 Å². The van der Waals surface area contributed by atoms with E-state index in [2.05, 4.69) is 41.5 Å². The van der Waals surface area contributed by atoms with E-state index in [9.17, 15) is 0 Å². The van der Waals surface area contributed by atoms with Gasteiger partial charge in [0.05, 0.1) is 24.2 Å². The van der Waals surface area contributed by atoms with E-state index in [4.69, 9.17) is 4.74 Å². The van der Waals surface area contributed by atoms with Crippen molar-refractivity contribution in [3.8, 4) is 0 Å². The highest BCUT2D eigenvalue weighted by Crippen LogP contribution is 2.29. The van der Waals surface area contributed by atoms with Crippen LogP contribution in [0.3, 0.4) is 0 Å². The SMILES string of the molecule is Brc1cnc(Nc2cc([C@@H]3CCCO3)[nH]n2)c2ccnn12. The van der Waals surface area contributed by atoms with Crippen molar-refractivity contribution in [3.05, 3.63) is 34.8 Å². The minimum atomic E-state index is 0.126. The third-order valence-corrected chi connectivity index (χ3v) is 4.05. The Morgan fingerprint density at radius 3 is 3.29 bits per heavy atom. The van der Waals surface area contributed by atoms with E-state index < -0.39 is 0 Å². The lowest BCUT2D eigenvalue weighted by atomic mass is 10.2. The number of fused-ring (bicyclic) bond motifs is 1. The highest BCUT2D eigenvalue weighted by molar-refractivity contribution is 9.10. The fourth-order valence-corrected chi connectivity index (χ4v) is 2.88. The zero-order chi connectivity index (χ0) is 14.2. The molecule has 1 atom stereocenters. The molecule has 2 N–H and O–H groups in total.